The number of hydrogen-bond acceptors (Lipinski definition) is 25. The van der Waals surface area contributed by atoms with Crippen LogP contribution >= 0.6 is 0 Å². The fourth-order valence-electron chi connectivity index (χ4n) is 16.4. The van der Waals surface area contributed by atoms with E-state index in [2.05, 4.69) is 20.8 Å². The summed E-state index contributed by atoms with van der Waals surface area (Å²) < 4.78 is 97.9. The van der Waals surface area contributed by atoms with Crippen molar-refractivity contribution in [1.29, 1.82) is 0 Å². The molecule has 0 amide bonds. The zero-order chi connectivity index (χ0) is 59.5. The molecule has 0 aromatic rings. The minimum absolute atomic E-state index is 0.111. The van der Waals surface area contributed by atoms with Crippen LogP contribution in [0.2, 0.25) is 0 Å². The van der Waals surface area contributed by atoms with Gasteiger partial charge in [0.25, 0.3) is 0 Å². The van der Waals surface area contributed by atoms with Crippen LogP contribution in [0.4, 0.5) is 0 Å². The molecule has 1 spiro atoms. The van der Waals surface area contributed by atoms with Gasteiger partial charge in [-0.1, -0.05) is 59.6 Å². The second kappa shape index (κ2) is 23.1. The molecule has 0 bridgehead atoms. The lowest BCUT2D eigenvalue weighted by atomic mass is 9.40. The summed E-state index contributed by atoms with van der Waals surface area (Å²) in [6, 6.07) is 0. The van der Waals surface area contributed by atoms with E-state index >= 15 is 0 Å². The van der Waals surface area contributed by atoms with E-state index in [1.165, 1.54) is 14.0 Å². The first-order valence-corrected chi connectivity index (χ1v) is 29.9. The number of esters is 1. The van der Waals surface area contributed by atoms with Gasteiger partial charge >= 0.3 is 16.4 Å². The van der Waals surface area contributed by atoms with Crippen molar-refractivity contribution < 1.29 is 125 Å². The monoisotopic (exact) mass is 1180 g/mol. The summed E-state index contributed by atoms with van der Waals surface area (Å²) in [4.78, 5) is 14.5. The van der Waals surface area contributed by atoms with E-state index in [1.54, 1.807) is 0 Å². The Hall–Kier alpha value is -1.72. The van der Waals surface area contributed by atoms with Crippen molar-refractivity contribution in [2.75, 3.05) is 26.9 Å². The van der Waals surface area contributed by atoms with Gasteiger partial charge in [0.1, 0.15) is 102 Å². The molecule has 4 unspecified atom stereocenters. The fourth-order valence-corrected chi connectivity index (χ4v) is 16.9. The highest BCUT2D eigenvalue weighted by Gasteiger charge is 2.85. The minimum atomic E-state index is -5.19. The van der Waals surface area contributed by atoms with Gasteiger partial charge in [-0.3, -0.25) is 9.35 Å². The van der Waals surface area contributed by atoms with Crippen LogP contribution in [0.25, 0.3) is 0 Å². The van der Waals surface area contributed by atoms with Gasteiger partial charge in [-0.05, 0) is 99.2 Å². The van der Waals surface area contributed by atoms with Crippen LogP contribution < -0.4 is 0 Å². The van der Waals surface area contributed by atoms with Crippen molar-refractivity contribution in [2.45, 2.75) is 253 Å². The average Bonchev–Trinajstić information content (AvgIpc) is 1.90. The van der Waals surface area contributed by atoms with Crippen LogP contribution in [0.3, 0.4) is 0 Å². The maximum absolute atomic E-state index is 14.5. The van der Waals surface area contributed by atoms with Gasteiger partial charge in [0, 0.05) is 7.11 Å². The Labute approximate surface area is 471 Å². The van der Waals surface area contributed by atoms with E-state index in [9.17, 15) is 73.9 Å². The summed E-state index contributed by atoms with van der Waals surface area (Å²) in [5, 5.41) is 125. The second-order valence-electron chi connectivity index (χ2n) is 26.0. The molecule has 4 aliphatic carbocycles. The molecule has 9 rings (SSSR count). The van der Waals surface area contributed by atoms with E-state index in [1.807, 2.05) is 33.8 Å². The number of rotatable bonds is 17. The van der Waals surface area contributed by atoms with E-state index in [-0.39, 0.29) is 11.8 Å². The van der Waals surface area contributed by atoms with Crippen LogP contribution in [-0.2, 0) is 66.7 Å². The number of methoxy groups -OCH3 is 1. The molecule has 0 radical (unpaired) electrons. The van der Waals surface area contributed by atoms with Gasteiger partial charge < -0.3 is 104 Å². The number of ether oxygens (including phenoxy) is 10. The quantitative estimate of drug-likeness (QED) is 0.0345. The van der Waals surface area contributed by atoms with Crippen molar-refractivity contribution >= 4 is 16.4 Å². The Morgan fingerprint density at radius 1 is 0.704 bits per heavy atom. The Morgan fingerprint density at radius 3 is 1.90 bits per heavy atom. The molecule has 27 heteroatoms. The molecule has 5 saturated heterocycles. The van der Waals surface area contributed by atoms with E-state index < -0.39 is 198 Å². The molecule has 3 saturated carbocycles. The van der Waals surface area contributed by atoms with Gasteiger partial charge in [0.15, 0.2) is 25.2 Å². The molecule has 0 aromatic heterocycles. The number of fused-ring (bicyclic) bond motifs is 4. The molecule has 5 aliphatic heterocycles. The predicted octanol–water partition coefficient (Wildman–Crippen LogP) is -1.40. The van der Waals surface area contributed by atoms with E-state index in [0.717, 1.165) is 18.4 Å². The molecule has 81 heavy (non-hydrogen) atoms. The number of carbonyl (C=O) groups excluding carboxylic acids is 1. The first-order valence-electron chi connectivity index (χ1n) is 28.5. The number of aliphatic hydroxyl groups is 11. The van der Waals surface area contributed by atoms with Crippen molar-refractivity contribution in [1.82, 2.24) is 0 Å². The minimum Gasteiger partial charge on any atom is -0.456 e. The average molecular weight is 1190 g/mol. The van der Waals surface area contributed by atoms with Crippen LogP contribution in [-0.4, -0.2) is 242 Å². The normalized spacial score (nSPS) is 51.7. The van der Waals surface area contributed by atoms with Crippen molar-refractivity contribution in [3.8, 4) is 0 Å². The summed E-state index contributed by atoms with van der Waals surface area (Å²) in [6.45, 7) is 13.5. The summed E-state index contributed by atoms with van der Waals surface area (Å²) >= 11 is 0. The lowest BCUT2D eigenvalue weighted by Crippen LogP contribution is -2.68. The largest absolute Gasteiger partial charge is 0.456 e. The van der Waals surface area contributed by atoms with Gasteiger partial charge in [-0.25, -0.2) is 4.18 Å². The van der Waals surface area contributed by atoms with Gasteiger partial charge in [-0.15, -0.1) is 0 Å². The molecule has 12 N–H and O–H groups in total. The van der Waals surface area contributed by atoms with Crippen molar-refractivity contribution in [2.24, 2.45) is 39.4 Å². The zero-order valence-electron chi connectivity index (χ0n) is 47.4. The third-order valence-electron chi connectivity index (χ3n) is 20.8. The lowest BCUT2D eigenvalue weighted by Gasteiger charge is -2.64. The van der Waals surface area contributed by atoms with Gasteiger partial charge in [0.05, 0.1) is 38.1 Å². The number of cyclic esters (lactones) is 1. The predicted molar refractivity (Wildman–Crippen MR) is 274 cm³/mol. The van der Waals surface area contributed by atoms with E-state index in [0.29, 0.717) is 50.9 Å². The summed E-state index contributed by atoms with van der Waals surface area (Å²) in [7, 11) is -4.01. The topological polar surface area (TPSA) is 396 Å². The van der Waals surface area contributed by atoms with Crippen LogP contribution in [0, 0.1) is 39.4 Å². The lowest BCUT2D eigenvalue weighted by molar-refractivity contribution is -0.389. The maximum Gasteiger partial charge on any atom is 0.397 e. The standard InChI is InChI=1S/C54H88O26S/c1-23(2)11-10-15-52(8)53(66)18-17-51(7)25-12-13-30-49(4,5)32(14-16-50(30,6)26(25)19-31(57)54(51,53)48(65)79-52)75-47-43(35(60)29(22-71-47)80-81(67,68)69)78-44-37(62)36(61)40(24(3)72-44)76-46-39(64)42(34(59)28(21-56)74-46)77-45-38(63)41(70-9)33(58)27(20-55)73-45/h19,23-25,27-47,55-64,66H,10-18,20-22H2,1-9H3,(H,67,68,69)/t24-,25?,27-,28-,29-,30?,31?,32+,33-,34-,35+,36-,37-,38-,39-,40-,41+,42+,43-,44+,45+,46+,47+,50-,51+,52+,53+,54?/m1/s1. The summed E-state index contributed by atoms with van der Waals surface area (Å²) in [6.07, 6.45) is -27.3. The molecule has 0 aromatic carbocycles. The highest BCUT2D eigenvalue weighted by atomic mass is 32.3. The van der Waals surface area contributed by atoms with Gasteiger partial charge in [0.2, 0.25) is 0 Å². The molecule has 26 nitrogen and oxygen atoms in total. The number of allylic oxidation sites excluding steroid dienone is 1. The molecule has 466 valence electrons. The van der Waals surface area contributed by atoms with Gasteiger partial charge in [-0.2, -0.15) is 8.42 Å². The first kappa shape index (κ1) is 63.8. The first-order chi connectivity index (χ1) is 37.8. The Balaban J connectivity index is 0.911. The number of aliphatic hydroxyl groups excluding tert-OH is 10. The van der Waals surface area contributed by atoms with E-state index in [4.69, 9.17) is 51.6 Å². The molecular weight excluding hydrogens is 1100 g/mol. The highest BCUT2D eigenvalue weighted by Crippen LogP contribution is 2.77. The Bertz CT molecular complexity index is 2380. The summed E-state index contributed by atoms with van der Waals surface area (Å²) in [5.41, 5.74) is -5.44. The van der Waals surface area contributed by atoms with Crippen molar-refractivity contribution in [3.63, 3.8) is 0 Å². The molecule has 5 heterocycles. The van der Waals surface area contributed by atoms with Crippen molar-refractivity contribution in [3.05, 3.63) is 11.6 Å². The fraction of sp³-hybridized carbons (Fsp3) is 0.944. The van der Waals surface area contributed by atoms with Crippen LogP contribution in [0.5, 0.6) is 0 Å². The zero-order valence-corrected chi connectivity index (χ0v) is 48.2. The molecular formula is C54H88O26S. The number of carbonyl (C=O) groups is 1. The SMILES string of the molecule is CO[C@@H]1[C@@H](O)[C@H](O[C@@H]2[C@@H](O)[C@H](O[C@H]3[C@H](O)[C@@H](O)[C@H](O[C@H]4[C@H](O[C@H]5CC[C@]6(C)C7=CC(O)C89C(=O)O[C@@](C)(CCCC(C)C)[C@@]8(O)CC[C@@]9(C)C7CCC6C5(C)C)OC[C@@H](OS(=O)(=O)O)[C@@H]4O)O[C@@H]3C)O[C@H](CO)[C@H]2O)O[C@H](CO)[C@H]1O. The maximum atomic E-state index is 14.5. The molecule has 9 aliphatic rings. The third-order valence-corrected chi connectivity index (χ3v) is 21.3. The number of hydrogen-bond donors (Lipinski definition) is 12. The Morgan fingerprint density at radius 2 is 1.30 bits per heavy atom. The van der Waals surface area contributed by atoms with Crippen LogP contribution in [0.15, 0.2) is 11.6 Å². The molecule has 28 atom stereocenters. The second-order valence-corrected chi connectivity index (χ2v) is 27.1. The Kier molecular flexibility index (Phi) is 18.2. The molecule has 8 fully saturated rings. The smallest absolute Gasteiger partial charge is 0.397 e. The highest BCUT2D eigenvalue weighted by molar-refractivity contribution is 7.80. The van der Waals surface area contributed by atoms with Crippen LogP contribution in [0.1, 0.15) is 113 Å². The summed E-state index contributed by atoms with van der Waals surface area (Å²) in [5.74, 6) is -0.430. The third kappa shape index (κ3) is 10.4.